The lowest BCUT2D eigenvalue weighted by molar-refractivity contribution is -0.113. The summed E-state index contributed by atoms with van der Waals surface area (Å²) < 4.78 is 20.1. The molecule has 1 atom stereocenters. The number of nitrogens with zero attached hydrogens (tertiary/aromatic N) is 3. The number of thioether (sulfide) groups is 2. The number of aromatic nitrogens is 3. The fraction of sp³-hybridized carbons (Fsp3) is 0.333. The van der Waals surface area contributed by atoms with E-state index in [-0.39, 0.29) is 29.4 Å². The van der Waals surface area contributed by atoms with Crippen LogP contribution in [0, 0.1) is 5.82 Å². The fourth-order valence-electron chi connectivity index (χ4n) is 3.31. The molecule has 0 bridgehead atoms. The minimum absolute atomic E-state index is 0.114. The molecule has 186 valence electrons. The zero-order valence-electron chi connectivity index (χ0n) is 19.8. The van der Waals surface area contributed by atoms with Crippen molar-refractivity contribution in [1.82, 2.24) is 20.1 Å². The second-order valence-corrected chi connectivity index (χ2v) is 9.39. The zero-order chi connectivity index (χ0) is 25.2. The Bertz CT molecular complexity index is 1120. The Kier molecular flexibility index (Phi) is 9.98. The average Bonchev–Trinajstić information content (AvgIpc) is 3.29. The molecule has 3 rings (SSSR count). The maximum absolute atomic E-state index is 13.1. The number of carbonyl (C=O) groups is 2. The van der Waals surface area contributed by atoms with E-state index in [0.29, 0.717) is 40.9 Å². The van der Waals surface area contributed by atoms with Crippen molar-refractivity contribution in [2.24, 2.45) is 0 Å². The van der Waals surface area contributed by atoms with Gasteiger partial charge in [-0.15, -0.1) is 10.2 Å². The summed E-state index contributed by atoms with van der Waals surface area (Å²) in [6.07, 6.45) is 2.69. The molecule has 0 spiro atoms. The molecule has 1 unspecified atom stereocenters. The Labute approximate surface area is 212 Å². The molecule has 1 heterocycles. The Balaban J connectivity index is 1.70. The van der Waals surface area contributed by atoms with Gasteiger partial charge in [0.05, 0.1) is 18.9 Å². The van der Waals surface area contributed by atoms with Crippen molar-refractivity contribution in [3.05, 3.63) is 65.7 Å². The second kappa shape index (κ2) is 13.1. The molecule has 35 heavy (non-hydrogen) atoms. The summed E-state index contributed by atoms with van der Waals surface area (Å²) in [6, 6.07) is 12.2. The lowest BCUT2D eigenvalue weighted by atomic mass is 10.1. The zero-order valence-corrected chi connectivity index (χ0v) is 21.4. The minimum Gasteiger partial charge on any atom is -0.497 e. The number of anilines is 1. The third-order valence-electron chi connectivity index (χ3n) is 5.10. The molecule has 2 N–H and O–H groups in total. The van der Waals surface area contributed by atoms with Crippen molar-refractivity contribution in [1.29, 1.82) is 0 Å². The van der Waals surface area contributed by atoms with Crippen LogP contribution in [0.3, 0.4) is 0 Å². The van der Waals surface area contributed by atoms with Crippen LogP contribution in [-0.2, 0) is 11.3 Å². The molecule has 0 saturated carbocycles. The number of hydrogen-bond donors (Lipinski definition) is 2. The normalized spacial score (nSPS) is 11.7. The molecule has 2 amide bonds. The second-order valence-electron chi connectivity index (χ2n) is 7.46. The summed E-state index contributed by atoms with van der Waals surface area (Å²) >= 11 is 2.94. The number of benzene rings is 2. The van der Waals surface area contributed by atoms with Gasteiger partial charge in [-0.3, -0.25) is 9.59 Å². The maximum Gasteiger partial charge on any atom is 0.251 e. The SMILES string of the molecule is CCn1c(SCC(=O)Nc2ccc(F)cc2)nnc1C(CCSC)NC(=O)c1ccc(OC)cc1. The van der Waals surface area contributed by atoms with Crippen molar-refractivity contribution in [3.8, 4) is 5.75 Å². The molecule has 3 aromatic rings. The van der Waals surface area contributed by atoms with Gasteiger partial charge in [0.25, 0.3) is 5.91 Å². The number of rotatable bonds is 12. The first-order valence-electron chi connectivity index (χ1n) is 11.0. The van der Waals surface area contributed by atoms with Gasteiger partial charge in [0, 0.05) is 17.8 Å². The molecule has 0 aliphatic heterocycles. The number of hydrogen-bond acceptors (Lipinski definition) is 7. The lowest BCUT2D eigenvalue weighted by Crippen LogP contribution is -2.31. The highest BCUT2D eigenvalue weighted by Gasteiger charge is 2.23. The predicted octanol–water partition coefficient (Wildman–Crippen LogP) is 4.40. The molecule has 0 saturated heterocycles. The van der Waals surface area contributed by atoms with E-state index in [9.17, 15) is 14.0 Å². The summed E-state index contributed by atoms with van der Waals surface area (Å²) in [4.78, 5) is 25.3. The van der Waals surface area contributed by atoms with Crippen LogP contribution in [0.15, 0.2) is 53.7 Å². The van der Waals surface area contributed by atoms with E-state index in [2.05, 4.69) is 20.8 Å². The first-order chi connectivity index (χ1) is 16.9. The molecule has 11 heteroatoms. The van der Waals surface area contributed by atoms with Gasteiger partial charge in [0.2, 0.25) is 5.91 Å². The van der Waals surface area contributed by atoms with Crippen LogP contribution in [0.4, 0.5) is 10.1 Å². The van der Waals surface area contributed by atoms with Crippen molar-refractivity contribution in [2.45, 2.75) is 31.1 Å². The summed E-state index contributed by atoms with van der Waals surface area (Å²) in [7, 11) is 1.58. The van der Waals surface area contributed by atoms with Crippen LogP contribution in [0.2, 0.25) is 0 Å². The topological polar surface area (TPSA) is 98.1 Å². The minimum atomic E-state index is -0.365. The van der Waals surface area contributed by atoms with Gasteiger partial charge in [-0.1, -0.05) is 11.8 Å². The summed E-state index contributed by atoms with van der Waals surface area (Å²) in [5.74, 6) is 1.45. The van der Waals surface area contributed by atoms with E-state index in [1.54, 1.807) is 43.1 Å². The average molecular weight is 518 g/mol. The molecular weight excluding hydrogens is 489 g/mol. The Morgan fingerprint density at radius 1 is 1.11 bits per heavy atom. The van der Waals surface area contributed by atoms with E-state index in [4.69, 9.17) is 4.74 Å². The first kappa shape index (κ1) is 26.6. The van der Waals surface area contributed by atoms with Crippen LogP contribution < -0.4 is 15.4 Å². The third kappa shape index (κ3) is 7.46. The number of carbonyl (C=O) groups excluding carboxylic acids is 2. The van der Waals surface area contributed by atoms with Crippen molar-refractivity contribution < 1.29 is 18.7 Å². The number of halogens is 1. The van der Waals surface area contributed by atoms with E-state index >= 15 is 0 Å². The molecule has 0 aliphatic carbocycles. The number of methoxy groups -OCH3 is 1. The monoisotopic (exact) mass is 517 g/mol. The molecule has 0 aliphatic rings. The summed E-state index contributed by atoms with van der Waals surface area (Å²) in [5.41, 5.74) is 1.04. The van der Waals surface area contributed by atoms with E-state index in [1.807, 2.05) is 17.7 Å². The van der Waals surface area contributed by atoms with Gasteiger partial charge in [-0.25, -0.2) is 4.39 Å². The Hall–Kier alpha value is -3.05. The fourth-order valence-corrected chi connectivity index (χ4v) is 4.59. The van der Waals surface area contributed by atoms with E-state index < -0.39 is 0 Å². The van der Waals surface area contributed by atoms with Gasteiger partial charge in [-0.05, 0) is 73.9 Å². The predicted molar refractivity (Wildman–Crippen MR) is 138 cm³/mol. The van der Waals surface area contributed by atoms with Gasteiger partial charge in [-0.2, -0.15) is 11.8 Å². The highest BCUT2D eigenvalue weighted by molar-refractivity contribution is 7.99. The highest BCUT2D eigenvalue weighted by atomic mass is 32.2. The van der Waals surface area contributed by atoms with E-state index in [1.165, 1.54) is 36.0 Å². The summed E-state index contributed by atoms with van der Waals surface area (Å²) in [6.45, 7) is 2.55. The maximum atomic E-state index is 13.1. The number of nitrogens with one attached hydrogen (secondary N) is 2. The molecular formula is C24H28FN5O3S2. The smallest absolute Gasteiger partial charge is 0.251 e. The van der Waals surface area contributed by atoms with Crippen LogP contribution in [0.5, 0.6) is 5.75 Å². The molecule has 0 fully saturated rings. The molecule has 2 aromatic carbocycles. The number of amides is 2. The van der Waals surface area contributed by atoms with E-state index in [0.717, 1.165) is 5.75 Å². The van der Waals surface area contributed by atoms with Gasteiger partial charge in [0.1, 0.15) is 11.6 Å². The largest absolute Gasteiger partial charge is 0.497 e. The molecule has 0 radical (unpaired) electrons. The standard InChI is InChI=1S/C24H28FN5O3S2/c1-4-30-22(20(13-14-34-3)27-23(32)16-5-11-19(33-2)12-6-16)28-29-24(30)35-15-21(31)26-18-9-7-17(25)8-10-18/h5-12,20H,4,13-15H2,1-3H3,(H,26,31)(H,27,32). The third-order valence-corrected chi connectivity index (χ3v) is 6.71. The van der Waals surface area contributed by atoms with Crippen LogP contribution in [-0.4, -0.2) is 51.5 Å². The number of ether oxygens (including phenoxy) is 1. The quantitative estimate of drug-likeness (QED) is 0.344. The van der Waals surface area contributed by atoms with Crippen molar-refractivity contribution >= 4 is 41.0 Å². The van der Waals surface area contributed by atoms with Crippen LogP contribution in [0.25, 0.3) is 0 Å². The van der Waals surface area contributed by atoms with Crippen LogP contribution in [0.1, 0.15) is 35.6 Å². The van der Waals surface area contributed by atoms with Crippen LogP contribution >= 0.6 is 23.5 Å². The highest BCUT2D eigenvalue weighted by Crippen LogP contribution is 2.24. The first-order valence-corrected chi connectivity index (χ1v) is 13.4. The molecule has 8 nitrogen and oxygen atoms in total. The van der Waals surface area contributed by atoms with Crippen molar-refractivity contribution in [2.75, 3.05) is 30.2 Å². The Morgan fingerprint density at radius 3 is 2.46 bits per heavy atom. The lowest BCUT2D eigenvalue weighted by Gasteiger charge is -2.19. The van der Waals surface area contributed by atoms with Crippen molar-refractivity contribution in [3.63, 3.8) is 0 Å². The Morgan fingerprint density at radius 2 is 1.83 bits per heavy atom. The van der Waals surface area contributed by atoms with Gasteiger partial charge >= 0.3 is 0 Å². The van der Waals surface area contributed by atoms with Gasteiger partial charge in [0.15, 0.2) is 11.0 Å². The molecule has 1 aromatic heterocycles. The summed E-state index contributed by atoms with van der Waals surface area (Å²) in [5, 5.41) is 15.0. The van der Waals surface area contributed by atoms with Gasteiger partial charge < -0.3 is 19.9 Å².